The first-order chi connectivity index (χ1) is 44.6. The average Bonchev–Trinajstić information content (AvgIpc) is 1.50. The van der Waals surface area contributed by atoms with E-state index in [1.807, 2.05) is 75.5 Å². The summed E-state index contributed by atoms with van der Waals surface area (Å²) in [6.45, 7) is 0. The molecule has 0 bridgehead atoms. The standard InChI is InChI=1S/2C42H26N2O/c45-42-34-23-13-22-32-31(27-14-5-1-6-15-27)24-25-33(39(32)34)41-43-40-36(44(41)42)26-35(28-16-7-2-8-17-28)37(29-18-9-3-10-19-29)38(40)30-20-11-4-12-21-30;45-42-34-25-24-31(27-14-5-1-6-15-27)32-22-13-23-33(39(32)34)41-43-40-36(44(41)42)26-35(28-16-7-2-8-17-28)37(29-18-9-3-10-19-29)38(40)30-20-11-4-12-21-30/h2*1-26H. The quantitative estimate of drug-likeness (QED) is 0.152. The third kappa shape index (κ3) is 8.34. The summed E-state index contributed by atoms with van der Waals surface area (Å²) in [6.07, 6.45) is 0. The molecule has 0 fully saturated rings. The average molecular weight is 1150 g/mol. The molecule has 0 saturated heterocycles. The fraction of sp³-hybridized carbons (Fsp3) is 0. The van der Waals surface area contributed by atoms with Crippen molar-refractivity contribution in [2.24, 2.45) is 0 Å². The Hall–Kier alpha value is -12.1. The van der Waals surface area contributed by atoms with E-state index in [4.69, 9.17) is 9.97 Å². The van der Waals surface area contributed by atoms with E-state index in [1.54, 1.807) is 0 Å². The summed E-state index contributed by atoms with van der Waals surface area (Å²) >= 11 is 0. The second-order valence-corrected chi connectivity index (χ2v) is 22.9. The maximum Gasteiger partial charge on any atom is 0.264 e. The summed E-state index contributed by atoms with van der Waals surface area (Å²) in [5, 5.41) is 7.36. The van der Waals surface area contributed by atoms with E-state index in [0.29, 0.717) is 22.1 Å². The van der Waals surface area contributed by atoms with Gasteiger partial charge in [0.15, 0.2) is 0 Å². The van der Waals surface area contributed by atoms with Gasteiger partial charge in [-0.05, 0) is 119 Å². The normalized spacial score (nSPS) is 11.6. The lowest BCUT2D eigenvalue weighted by Crippen LogP contribution is -2.13. The number of imidazole rings is 2. The zero-order valence-corrected chi connectivity index (χ0v) is 48.6. The van der Waals surface area contributed by atoms with Crippen molar-refractivity contribution in [2.75, 3.05) is 0 Å². The van der Waals surface area contributed by atoms with E-state index in [-0.39, 0.29) is 11.1 Å². The SMILES string of the molecule is O=c1c2ccc(-c3ccccc3)c3cccc(c32)c2nc3c(-c4ccccc4)c(-c4ccccc4)c(-c4ccccc4)cc3n12.O=c1c2cccc3c(-c4ccccc4)ccc(c32)c2nc3c(-c4ccccc4)c(-c4ccccc4)c(-c4ccccc4)cc3n12. The number of nitrogens with zero attached hydrogens (tertiary/aromatic N) is 4. The molecule has 4 aromatic heterocycles. The van der Waals surface area contributed by atoms with Crippen LogP contribution < -0.4 is 11.1 Å². The Morgan fingerprint density at radius 1 is 0.222 bits per heavy atom. The number of aromatic nitrogens is 4. The van der Waals surface area contributed by atoms with Crippen LogP contribution in [0.25, 0.3) is 165 Å². The van der Waals surface area contributed by atoms with Crippen LogP contribution in [0.1, 0.15) is 0 Å². The molecule has 0 radical (unpaired) electrons. The Morgan fingerprint density at radius 3 is 0.844 bits per heavy atom. The third-order valence-electron chi connectivity index (χ3n) is 17.9. The van der Waals surface area contributed by atoms with Gasteiger partial charge in [0.05, 0.1) is 22.1 Å². The lowest BCUT2D eigenvalue weighted by molar-refractivity contribution is 1.19. The molecule has 6 heteroatoms. The highest BCUT2D eigenvalue weighted by Crippen LogP contribution is 2.48. The lowest BCUT2D eigenvalue weighted by Gasteiger charge is -2.17. The molecule has 0 aliphatic carbocycles. The fourth-order valence-electron chi connectivity index (χ4n) is 14.0. The van der Waals surface area contributed by atoms with Crippen LogP contribution in [-0.4, -0.2) is 18.8 Å². The molecule has 6 nitrogen and oxygen atoms in total. The molecule has 0 aliphatic rings. The molecule has 0 saturated carbocycles. The Bertz CT molecular complexity index is 5570. The van der Waals surface area contributed by atoms with Crippen LogP contribution in [0.5, 0.6) is 0 Å². The molecule has 0 atom stereocenters. The van der Waals surface area contributed by atoms with Gasteiger partial charge < -0.3 is 0 Å². The minimum absolute atomic E-state index is 0.0544. The minimum atomic E-state index is -0.0544. The topological polar surface area (TPSA) is 68.7 Å². The first-order valence-corrected chi connectivity index (χ1v) is 30.4. The van der Waals surface area contributed by atoms with E-state index in [1.165, 1.54) is 0 Å². The summed E-state index contributed by atoms with van der Waals surface area (Å²) in [7, 11) is 0. The second kappa shape index (κ2) is 21.4. The third-order valence-corrected chi connectivity index (χ3v) is 17.9. The van der Waals surface area contributed by atoms with Gasteiger partial charge in [0, 0.05) is 43.4 Å². The smallest absolute Gasteiger partial charge is 0.264 e. The first kappa shape index (κ1) is 52.2. The van der Waals surface area contributed by atoms with Crippen molar-refractivity contribution in [3.05, 3.63) is 336 Å². The number of benzene rings is 14. The molecule has 4 heterocycles. The van der Waals surface area contributed by atoms with Gasteiger partial charge in [-0.3, -0.25) is 18.4 Å². The predicted molar refractivity (Wildman–Crippen MR) is 374 cm³/mol. The summed E-state index contributed by atoms with van der Waals surface area (Å²) in [5.74, 6) is 0. The second-order valence-electron chi connectivity index (χ2n) is 22.9. The van der Waals surface area contributed by atoms with E-state index in [2.05, 4.69) is 249 Å². The van der Waals surface area contributed by atoms with Crippen LogP contribution in [0.15, 0.2) is 325 Å². The molecule has 18 aromatic rings. The van der Waals surface area contributed by atoms with Crippen molar-refractivity contribution >= 4 is 76.5 Å². The van der Waals surface area contributed by atoms with Gasteiger partial charge in [0.1, 0.15) is 11.3 Å². The summed E-state index contributed by atoms with van der Waals surface area (Å²) in [4.78, 5) is 39.9. The fourth-order valence-corrected chi connectivity index (χ4v) is 14.0. The van der Waals surface area contributed by atoms with Crippen LogP contribution in [-0.2, 0) is 0 Å². The van der Waals surface area contributed by atoms with Gasteiger partial charge in [-0.25, -0.2) is 9.97 Å². The minimum Gasteiger partial charge on any atom is -0.268 e. The van der Waals surface area contributed by atoms with Crippen molar-refractivity contribution in [3.63, 3.8) is 0 Å². The molecule has 0 amide bonds. The predicted octanol–water partition coefficient (Wildman–Crippen LogP) is 20.5. The largest absolute Gasteiger partial charge is 0.268 e. The lowest BCUT2D eigenvalue weighted by atomic mass is 9.86. The maximum absolute atomic E-state index is 14.6. The highest BCUT2D eigenvalue weighted by Gasteiger charge is 2.27. The van der Waals surface area contributed by atoms with Crippen molar-refractivity contribution in [1.82, 2.24) is 18.8 Å². The highest BCUT2D eigenvalue weighted by molar-refractivity contribution is 6.22. The maximum atomic E-state index is 14.6. The molecule has 0 aliphatic heterocycles. The van der Waals surface area contributed by atoms with Gasteiger partial charge >= 0.3 is 0 Å². The molecule has 0 N–H and O–H groups in total. The van der Waals surface area contributed by atoms with Gasteiger partial charge in [-0.1, -0.05) is 285 Å². The van der Waals surface area contributed by atoms with Crippen molar-refractivity contribution in [2.45, 2.75) is 0 Å². The van der Waals surface area contributed by atoms with E-state index in [0.717, 1.165) is 143 Å². The zero-order valence-electron chi connectivity index (χ0n) is 48.6. The van der Waals surface area contributed by atoms with E-state index < -0.39 is 0 Å². The molecule has 420 valence electrons. The van der Waals surface area contributed by atoms with Crippen LogP contribution in [0.3, 0.4) is 0 Å². The van der Waals surface area contributed by atoms with Crippen molar-refractivity contribution in [3.8, 4) is 89.0 Å². The molecule has 18 rings (SSSR count). The van der Waals surface area contributed by atoms with Crippen LogP contribution in [0.4, 0.5) is 0 Å². The van der Waals surface area contributed by atoms with Crippen LogP contribution >= 0.6 is 0 Å². The molecular formula is C84H52N4O2. The molecule has 14 aromatic carbocycles. The zero-order chi connectivity index (χ0) is 59.8. The highest BCUT2D eigenvalue weighted by atomic mass is 16.1. The Balaban J connectivity index is 0.000000139. The van der Waals surface area contributed by atoms with E-state index >= 15 is 0 Å². The first-order valence-electron chi connectivity index (χ1n) is 30.4. The van der Waals surface area contributed by atoms with Crippen LogP contribution in [0, 0.1) is 0 Å². The molecule has 0 spiro atoms. The van der Waals surface area contributed by atoms with Gasteiger partial charge in [-0.2, -0.15) is 0 Å². The number of hydrogen-bond acceptors (Lipinski definition) is 4. The van der Waals surface area contributed by atoms with Crippen molar-refractivity contribution in [1.29, 1.82) is 0 Å². The monoisotopic (exact) mass is 1150 g/mol. The van der Waals surface area contributed by atoms with Crippen LogP contribution in [0.2, 0.25) is 0 Å². The summed E-state index contributed by atoms with van der Waals surface area (Å²) in [5.41, 5.74) is 21.8. The van der Waals surface area contributed by atoms with Crippen molar-refractivity contribution < 1.29 is 0 Å². The Kier molecular flexibility index (Phi) is 12.4. The van der Waals surface area contributed by atoms with Gasteiger partial charge in [-0.15, -0.1) is 0 Å². The van der Waals surface area contributed by atoms with Gasteiger partial charge in [0.2, 0.25) is 0 Å². The number of rotatable bonds is 8. The van der Waals surface area contributed by atoms with Gasteiger partial charge in [0.25, 0.3) is 11.1 Å². The summed E-state index contributed by atoms with van der Waals surface area (Å²) in [6, 6.07) is 109. The van der Waals surface area contributed by atoms with E-state index in [9.17, 15) is 9.59 Å². The molecular weight excluding hydrogens is 1100 g/mol. The number of hydrogen-bond donors (Lipinski definition) is 0. The number of pyridine rings is 2. The Labute approximate surface area is 517 Å². The molecule has 90 heavy (non-hydrogen) atoms. The summed E-state index contributed by atoms with van der Waals surface area (Å²) < 4.78 is 3.67. The Morgan fingerprint density at radius 2 is 0.489 bits per heavy atom. The molecule has 0 unspecified atom stereocenters. The number of fused-ring (bicyclic) bond motifs is 8.